The van der Waals surface area contributed by atoms with Crippen LogP contribution in [0.15, 0.2) is 12.4 Å². The van der Waals surface area contributed by atoms with Crippen LogP contribution < -0.4 is 0 Å². The van der Waals surface area contributed by atoms with E-state index in [-0.39, 0.29) is 5.78 Å². The van der Waals surface area contributed by atoms with Crippen molar-refractivity contribution in [1.82, 2.24) is 19.3 Å². The molecule has 5 heteroatoms. The van der Waals surface area contributed by atoms with Gasteiger partial charge in [-0.1, -0.05) is 0 Å². The average Bonchev–Trinajstić information content (AvgIpc) is 2.89. The molecule has 2 aromatic heterocycles. The van der Waals surface area contributed by atoms with Gasteiger partial charge in [0.05, 0.1) is 6.54 Å². The highest BCUT2D eigenvalue weighted by Gasteiger charge is 2.19. The summed E-state index contributed by atoms with van der Waals surface area (Å²) in [6, 6.07) is 0. The normalized spacial score (nSPS) is 14.9. The van der Waals surface area contributed by atoms with E-state index in [9.17, 15) is 4.79 Å². The average molecular weight is 244 g/mol. The summed E-state index contributed by atoms with van der Waals surface area (Å²) in [5.41, 5.74) is 2.06. The fraction of sp³-hybridized carbons (Fsp3) is 0.462. The summed E-state index contributed by atoms with van der Waals surface area (Å²) in [6.07, 6.45) is 6.67. The summed E-state index contributed by atoms with van der Waals surface area (Å²) < 4.78 is 4.01. The molecule has 0 radical (unpaired) electrons. The van der Waals surface area contributed by atoms with Crippen molar-refractivity contribution in [2.24, 2.45) is 7.05 Å². The summed E-state index contributed by atoms with van der Waals surface area (Å²) in [7, 11) is 1.96. The van der Waals surface area contributed by atoms with Crippen molar-refractivity contribution in [1.29, 1.82) is 0 Å². The summed E-state index contributed by atoms with van der Waals surface area (Å²) in [4.78, 5) is 11.8. The number of ketones is 1. The zero-order valence-electron chi connectivity index (χ0n) is 10.7. The molecule has 0 saturated carbocycles. The van der Waals surface area contributed by atoms with Crippen molar-refractivity contribution in [3.8, 4) is 0 Å². The SMILES string of the molecule is Cc1nnc(Cn2cc3c(c2)C(=O)CCC3)n1C. The molecule has 0 bridgehead atoms. The summed E-state index contributed by atoms with van der Waals surface area (Å²) in [5.74, 6) is 2.08. The van der Waals surface area contributed by atoms with Gasteiger partial charge in [-0.25, -0.2) is 0 Å². The van der Waals surface area contributed by atoms with E-state index >= 15 is 0 Å². The van der Waals surface area contributed by atoms with Crippen molar-refractivity contribution in [2.75, 3.05) is 0 Å². The molecule has 0 saturated heterocycles. The summed E-state index contributed by atoms with van der Waals surface area (Å²) in [6.45, 7) is 2.60. The van der Waals surface area contributed by atoms with E-state index in [0.29, 0.717) is 13.0 Å². The van der Waals surface area contributed by atoms with Gasteiger partial charge in [0.2, 0.25) is 0 Å². The highest BCUT2D eigenvalue weighted by Crippen LogP contribution is 2.22. The number of hydrogen-bond acceptors (Lipinski definition) is 3. The number of carbonyl (C=O) groups excluding carboxylic acids is 1. The third-order valence-electron chi connectivity index (χ3n) is 3.62. The van der Waals surface area contributed by atoms with Crippen molar-refractivity contribution in [3.63, 3.8) is 0 Å². The monoisotopic (exact) mass is 244 g/mol. The van der Waals surface area contributed by atoms with Crippen LogP contribution in [0.5, 0.6) is 0 Å². The Labute approximate surface area is 105 Å². The van der Waals surface area contributed by atoms with Gasteiger partial charge in [-0.15, -0.1) is 10.2 Å². The van der Waals surface area contributed by atoms with Gasteiger partial charge in [0.1, 0.15) is 5.82 Å². The molecule has 0 aliphatic heterocycles. The first-order valence-electron chi connectivity index (χ1n) is 6.22. The number of rotatable bonds is 2. The molecule has 0 atom stereocenters. The molecule has 3 rings (SSSR count). The third kappa shape index (κ3) is 1.75. The van der Waals surface area contributed by atoms with Crippen LogP contribution in [0.1, 0.15) is 40.4 Å². The third-order valence-corrected chi connectivity index (χ3v) is 3.62. The molecule has 0 unspecified atom stereocenters. The highest BCUT2D eigenvalue weighted by atomic mass is 16.1. The minimum atomic E-state index is 0.268. The maximum absolute atomic E-state index is 11.8. The van der Waals surface area contributed by atoms with Gasteiger partial charge in [-0.2, -0.15) is 0 Å². The minimum Gasteiger partial charge on any atom is -0.346 e. The van der Waals surface area contributed by atoms with Gasteiger partial charge in [0, 0.05) is 31.4 Å². The first-order valence-corrected chi connectivity index (χ1v) is 6.22. The van der Waals surface area contributed by atoms with Crippen LogP contribution in [0.2, 0.25) is 0 Å². The maximum Gasteiger partial charge on any atom is 0.164 e. The predicted octanol–water partition coefficient (Wildman–Crippen LogP) is 1.49. The lowest BCUT2D eigenvalue weighted by Gasteiger charge is -2.07. The Bertz CT molecular complexity index is 609. The minimum absolute atomic E-state index is 0.268. The first-order chi connectivity index (χ1) is 8.65. The van der Waals surface area contributed by atoms with E-state index in [2.05, 4.69) is 16.4 Å². The Morgan fingerprint density at radius 1 is 1.28 bits per heavy atom. The fourth-order valence-corrected chi connectivity index (χ4v) is 2.42. The van der Waals surface area contributed by atoms with E-state index in [1.54, 1.807) is 0 Å². The second kappa shape index (κ2) is 4.08. The Balaban J connectivity index is 1.90. The largest absolute Gasteiger partial charge is 0.346 e. The van der Waals surface area contributed by atoms with Gasteiger partial charge in [-0.3, -0.25) is 4.79 Å². The van der Waals surface area contributed by atoms with E-state index in [1.165, 1.54) is 5.56 Å². The van der Waals surface area contributed by atoms with Crippen LogP contribution in [0, 0.1) is 6.92 Å². The van der Waals surface area contributed by atoms with Crippen LogP contribution in [0.25, 0.3) is 0 Å². The number of aryl methyl sites for hydroxylation is 2. The predicted molar refractivity (Wildman–Crippen MR) is 66.5 cm³/mol. The Kier molecular flexibility index (Phi) is 2.54. The van der Waals surface area contributed by atoms with E-state index in [4.69, 9.17) is 0 Å². The number of Topliss-reactive ketones (excluding diaryl/α,β-unsaturated/α-hetero) is 1. The van der Waals surface area contributed by atoms with Gasteiger partial charge in [-0.05, 0) is 25.3 Å². The lowest BCUT2D eigenvalue weighted by atomic mass is 9.95. The smallest absolute Gasteiger partial charge is 0.164 e. The molecule has 0 fully saturated rings. The fourth-order valence-electron chi connectivity index (χ4n) is 2.42. The van der Waals surface area contributed by atoms with Crippen LogP contribution in [0.4, 0.5) is 0 Å². The standard InChI is InChI=1S/C13H16N4O/c1-9-14-15-13(16(9)2)8-17-6-10-4-3-5-12(18)11(10)7-17/h6-7H,3-5,8H2,1-2H3. The van der Waals surface area contributed by atoms with Crippen LogP contribution in [-0.2, 0) is 20.0 Å². The molecule has 2 aromatic rings. The van der Waals surface area contributed by atoms with Crippen LogP contribution in [-0.4, -0.2) is 25.1 Å². The molecule has 5 nitrogen and oxygen atoms in total. The van der Waals surface area contributed by atoms with Gasteiger partial charge >= 0.3 is 0 Å². The molecular formula is C13H16N4O. The summed E-state index contributed by atoms with van der Waals surface area (Å²) in [5, 5.41) is 8.18. The Hall–Kier alpha value is -1.91. The van der Waals surface area contributed by atoms with Crippen LogP contribution in [0.3, 0.4) is 0 Å². The zero-order chi connectivity index (χ0) is 12.7. The van der Waals surface area contributed by atoms with Crippen molar-refractivity contribution < 1.29 is 4.79 Å². The molecule has 1 aliphatic carbocycles. The lowest BCUT2D eigenvalue weighted by molar-refractivity contribution is 0.0973. The number of nitrogens with zero attached hydrogens (tertiary/aromatic N) is 4. The van der Waals surface area contributed by atoms with Gasteiger partial charge < -0.3 is 9.13 Å². The molecule has 1 aliphatic rings. The van der Waals surface area contributed by atoms with Gasteiger partial charge in [0.15, 0.2) is 11.6 Å². The highest BCUT2D eigenvalue weighted by molar-refractivity contribution is 5.98. The van der Waals surface area contributed by atoms with Crippen LogP contribution >= 0.6 is 0 Å². The Morgan fingerprint density at radius 3 is 2.78 bits per heavy atom. The van der Waals surface area contributed by atoms with E-state index in [1.807, 2.05) is 29.3 Å². The number of aromatic nitrogens is 4. The number of fused-ring (bicyclic) bond motifs is 1. The number of carbonyl (C=O) groups is 1. The van der Waals surface area contributed by atoms with E-state index in [0.717, 1.165) is 30.1 Å². The first kappa shape index (κ1) is 11.2. The maximum atomic E-state index is 11.8. The lowest BCUT2D eigenvalue weighted by Crippen LogP contribution is -2.07. The molecule has 94 valence electrons. The van der Waals surface area contributed by atoms with E-state index < -0.39 is 0 Å². The van der Waals surface area contributed by atoms with Crippen molar-refractivity contribution in [3.05, 3.63) is 35.2 Å². The van der Waals surface area contributed by atoms with Crippen molar-refractivity contribution >= 4 is 5.78 Å². The van der Waals surface area contributed by atoms with Gasteiger partial charge in [0.25, 0.3) is 0 Å². The zero-order valence-corrected chi connectivity index (χ0v) is 10.7. The van der Waals surface area contributed by atoms with Crippen molar-refractivity contribution in [2.45, 2.75) is 32.7 Å². The molecule has 18 heavy (non-hydrogen) atoms. The quantitative estimate of drug-likeness (QED) is 0.804. The second-order valence-corrected chi connectivity index (χ2v) is 4.87. The summed E-state index contributed by atoms with van der Waals surface area (Å²) >= 11 is 0. The molecule has 0 amide bonds. The molecule has 0 aromatic carbocycles. The molecule has 0 N–H and O–H groups in total. The number of hydrogen-bond donors (Lipinski definition) is 0. The molecule has 0 spiro atoms. The second-order valence-electron chi connectivity index (χ2n) is 4.87. The topological polar surface area (TPSA) is 52.7 Å². The molecule has 2 heterocycles. The molecular weight excluding hydrogens is 228 g/mol. The Morgan fingerprint density at radius 2 is 2.11 bits per heavy atom.